The Bertz CT molecular complexity index is 569. The first kappa shape index (κ1) is 14.7. The van der Waals surface area contributed by atoms with Crippen LogP contribution in [0.2, 0.25) is 5.02 Å². The van der Waals surface area contributed by atoms with E-state index in [4.69, 9.17) is 16.3 Å². The number of anilines is 1. The summed E-state index contributed by atoms with van der Waals surface area (Å²) >= 11 is 6.07. The van der Waals surface area contributed by atoms with Crippen molar-refractivity contribution in [2.45, 2.75) is 26.8 Å². The molecule has 20 heavy (non-hydrogen) atoms. The minimum Gasteiger partial charge on any atom is -0.493 e. The highest BCUT2D eigenvalue weighted by Gasteiger charge is 2.05. The van der Waals surface area contributed by atoms with Crippen molar-refractivity contribution in [3.8, 4) is 5.75 Å². The van der Waals surface area contributed by atoms with E-state index in [2.05, 4.69) is 37.4 Å². The number of ether oxygens (including phenoxy) is 1. The lowest BCUT2D eigenvalue weighted by molar-refractivity contribution is 0.314. The molecule has 0 bridgehead atoms. The lowest BCUT2D eigenvalue weighted by Gasteiger charge is -2.13. The Kier molecular flexibility index (Phi) is 5.31. The fraction of sp³-hybridized carbons (Fsp3) is 0.294. The average molecular weight is 290 g/mol. The largest absolute Gasteiger partial charge is 0.493 e. The van der Waals surface area contributed by atoms with Gasteiger partial charge < -0.3 is 10.1 Å². The smallest absolute Gasteiger partial charge is 0.124 e. The highest BCUT2D eigenvalue weighted by molar-refractivity contribution is 6.30. The summed E-state index contributed by atoms with van der Waals surface area (Å²) in [6.07, 6.45) is 0.993. The van der Waals surface area contributed by atoms with Crippen LogP contribution in [0.3, 0.4) is 0 Å². The molecule has 0 heterocycles. The van der Waals surface area contributed by atoms with E-state index in [0.29, 0.717) is 6.54 Å². The summed E-state index contributed by atoms with van der Waals surface area (Å²) < 4.78 is 5.75. The SMILES string of the molecule is CCCOc1ccc(Cl)cc1CNc1cccc(C)c1. The average Bonchev–Trinajstić information content (AvgIpc) is 2.44. The van der Waals surface area contributed by atoms with Crippen LogP contribution in [-0.4, -0.2) is 6.61 Å². The van der Waals surface area contributed by atoms with Crippen molar-refractivity contribution < 1.29 is 4.74 Å². The lowest BCUT2D eigenvalue weighted by atomic mass is 10.2. The zero-order valence-electron chi connectivity index (χ0n) is 11.9. The molecule has 0 aromatic heterocycles. The second kappa shape index (κ2) is 7.20. The van der Waals surface area contributed by atoms with Crippen molar-refractivity contribution in [3.63, 3.8) is 0 Å². The van der Waals surface area contributed by atoms with Crippen molar-refractivity contribution in [1.82, 2.24) is 0 Å². The molecule has 2 aromatic rings. The summed E-state index contributed by atoms with van der Waals surface area (Å²) in [6, 6.07) is 14.1. The predicted molar refractivity (Wildman–Crippen MR) is 85.7 cm³/mol. The van der Waals surface area contributed by atoms with Gasteiger partial charge in [-0.2, -0.15) is 0 Å². The summed E-state index contributed by atoms with van der Waals surface area (Å²) in [4.78, 5) is 0. The molecule has 106 valence electrons. The molecule has 0 atom stereocenters. The van der Waals surface area contributed by atoms with Crippen LogP contribution < -0.4 is 10.1 Å². The summed E-state index contributed by atoms with van der Waals surface area (Å²) in [5.41, 5.74) is 3.42. The van der Waals surface area contributed by atoms with Crippen LogP contribution in [-0.2, 0) is 6.54 Å². The van der Waals surface area contributed by atoms with Gasteiger partial charge in [-0.1, -0.05) is 30.7 Å². The second-order valence-electron chi connectivity index (χ2n) is 4.82. The molecular weight excluding hydrogens is 270 g/mol. The van der Waals surface area contributed by atoms with Gasteiger partial charge in [-0.25, -0.2) is 0 Å². The fourth-order valence-electron chi connectivity index (χ4n) is 1.99. The van der Waals surface area contributed by atoms with Crippen LogP contribution in [0, 0.1) is 6.92 Å². The number of aryl methyl sites for hydroxylation is 1. The van der Waals surface area contributed by atoms with Crippen molar-refractivity contribution in [2.75, 3.05) is 11.9 Å². The number of benzene rings is 2. The summed E-state index contributed by atoms with van der Waals surface area (Å²) in [6.45, 7) is 5.60. The van der Waals surface area contributed by atoms with Crippen molar-refractivity contribution >= 4 is 17.3 Å². The molecule has 0 fully saturated rings. The Hall–Kier alpha value is -1.67. The number of hydrogen-bond acceptors (Lipinski definition) is 2. The third-order valence-electron chi connectivity index (χ3n) is 2.99. The van der Waals surface area contributed by atoms with E-state index in [-0.39, 0.29) is 0 Å². The summed E-state index contributed by atoms with van der Waals surface area (Å²) in [5.74, 6) is 0.899. The maximum absolute atomic E-state index is 6.07. The maximum atomic E-state index is 6.07. The van der Waals surface area contributed by atoms with Gasteiger partial charge in [-0.05, 0) is 49.2 Å². The molecule has 0 radical (unpaired) electrons. The highest BCUT2D eigenvalue weighted by Crippen LogP contribution is 2.24. The Morgan fingerprint density at radius 3 is 2.75 bits per heavy atom. The highest BCUT2D eigenvalue weighted by atomic mass is 35.5. The van der Waals surface area contributed by atoms with E-state index >= 15 is 0 Å². The third kappa shape index (κ3) is 4.17. The number of halogens is 1. The number of hydrogen-bond donors (Lipinski definition) is 1. The zero-order valence-corrected chi connectivity index (χ0v) is 12.7. The Balaban J connectivity index is 2.09. The minimum absolute atomic E-state index is 0.697. The normalized spacial score (nSPS) is 10.3. The molecule has 0 aliphatic rings. The van der Waals surface area contributed by atoms with E-state index in [1.54, 1.807) is 0 Å². The van der Waals surface area contributed by atoms with Crippen molar-refractivity contribution in [2.24, 2.45) is 0 Å². The van der Waals surface area contributed by atoms with Gasteiger partial charge in [0, 0.05) is 22.8 Å². The van der Waals surface area contributed by atoms with E-state index < -0.39 is 0 Å². The van der Waals surface area contributed by atoms with E-state index in [9.17, 15) is 0 Å². The summed E-state index contributed by atoms with van der Waals surface area (Å²) in [5, 5.41) is 4.14. The molecule has 0 spiro atoms. The van der Waals surface area contributed by atoms with Crippen LogP contribution in [0.5, 0.6) is 5.75 Å². The number of rotatable bonds is 6. The molecule has 0 saturated carbocycles. The molecule has 0 unspecified atom stereocenters. The molecule has 0 aliphatic heterocycles. The first-order valence-electron chi connectivity index (χ1n) is 6.91. The third-order valence-corrected chi connectivity index (χ3v) is 3.22. The van der Waals surface area contributed by atoms with Crippen LogP contribution in [0.4, 0.5) is 5.69 Å². The standard InChI is InChI=1S/C17H20ClNO/c1-3-9-20-17-8-7-15(18)11-14(17)12-19-16-6-4-5-13(2)10-16/h4-8,10-11,19H,3,9,12H2,1-2H3. The molecule has 2 aromatic carbocycles. The Morgan fingerprint density at radius 1 is 1.15 bits per heavy atom. The van der Waals surface area contributed by atoms with Crippen molar-refractivity contribution in [1.29, 1.82) is 0 Å². The first-order valence-corrected chi connectivity index (χ1v) is 7.28. The van der Waals surface area contributed by atoms with Gasteiger partial charge in [0.1, 0.15) is 5.75 Å². The molecule has 1 N–H and O–H groups in total. The fourth-order valence-corrected chi connectivity index (χ4v) is 2.19. The van der Waals surface area contributed by atoms with E-state index in [1.165, 1.54) is 5.56 Å². The van der Waals surface area contributed by atoms with E-state index in [0.717, 1.165) is 35.1 Å². The zero-order chi connectivity index (χ0) is 14.4. The minimum atomic E-state index is 0.697. The topological polar surface area (TPSA) is 21.3 Å². The molecule has 2 rings (SSSR count). The van der Waals surface area contributed by atoms with Gasteiger partial charge in [-0.3, -0.25) is 0 Å². The molecule has 0 amide bonds. The molecule has 3 heteroatoms. The van der Waals surface area contributed by atoms with Gasteiger partial charge in [0.05, 0.1) is 6.61 Å². The predicted octanol–water partition coefficient (Wildman–Crippen LogP) is 5.05. The monoisotopic (exact) mass is 289 g/mol. The van der Waals surface area contributed by atoms with Crippen LogP contribution in [0.15, 0.2) is 42.5 Å². The maximum Gasteiger partial charge on any atom is 0.124 e. The molecule has 2 nitrogen and oxygen atoms in total. The molecule has 0 saturated heterocycles. The van der Waals surface area contributed by atoms with Gasteiger partial charge in [0.25, 0.3) is 0 Å². The molecule has 0 aliphatic carbocycles. The lowest BCUT2D eigenvalue weighted by Crippen LogP contribution is -2.04. The van der Waals surface area contributed by atoms with Gasteiger partial charge in [0.2, 0.25) is 0 Å². The quantitative estimate of drug-likeness (QED) is 0.803. The van der Waals surface area contributed by atoms with Gasteiger partial charge in [-0.15, -0.1) is 0 Å². The first-order chi connectivity index (χ1) is 9.69. The van der Waals surface area contributed by atoms with Crippen molar-refractivity contribution in [3.05, 3.63) is 58.6 Å². The van der Waals surface area contributed by atoms with Crippen LogP contribution in [0.25, 0.3) is 0 Å². The van der Waals surface area contributed by atoms with E-state index in [1.807, 2.05) is 24.3 Å². The number of nitrogens with one attached hydrogen (secondary N) is 1. The van der Waals surface area contributed by atoms with Crippen LogP contribution in [0.1, 0.15) is 24.5 Å². The van der Waals surface area contributed by atoms with Gasteiger partial charge >= 0.3 is 0 Å². The Labute approximate surface area is 125 Å². The Morgan fingerprint density at radius 2 is 2.00 bits per heavy atom. The molecular formula is C17H20ClNO. The second-order valence-corrected chi connectivity index (χ2v) is 5.26. The van der Waals surface area contributed by atoms with Crippen LogP contribution >= 0.6 is 11.6 Å². The van der Waals surface area contributed by atoms with Gasteiger partial charge in [0.15, 0.2) is 0 Å². The summed E-state index contributed by atoms with van der Waals surface area (Å²) in [7, 11) is 0.